The van der Waals surface area contributed by atoms with Crippen LogP contribution in [-0.4, -0.2) is 29.1 Å². The second-order valence-electron chi connectivity index (χ2n) is 2.56. The summed E-state index contributed by atoms with van der Waals surface area (Å²) >= 11 is 0. The molecule has 0 aromatic heterocycles. The van der Waals surface area contributed by atoms with Gasteiger partial charge in [-0.15, -0.1) is 0 Å². The maximum Gasteiger partial charge on any atom is 0.121 e. The second kappa shape index (κ2) is 2.03. The van der Waals surface area contributed by atoms with E-state index in [0.29, 0.717) is 12.1 Å². The first-order valence-electron chi connectivity index (χ1n) is 2.98. The zero-order valence-corrected chi connectivity index (χ0v) is 5.39. The summed E-state index contributed by atoms with van der Waals surface area (Å²) in [6, 6.07) is 0.589. The molecule has 1 radical (unpaired) electrons. The van der Waals surface area contributed by atoms with Crippen molar-refractivity contribution in [3.05, 3.63) is 6.10 Å². The summed E-state index contributed by atoms with van der Waals surface area (Å²) in [6.07, 6.45) is 0.624. The number of likely N-dealkylation sites (tertiary alicyclic amines) is 1. The largest absolute Gasteiger partial charge is 0.384 e. The van der Waals surface area contributed by atoms with Crippen molar-refractivity contribution in [2.75, 3.05) is 13.1 Å². The number of aliphatic hydroxyl groups excluding tert-OH is 1. The molecule has 1 N–H and O–H groups in total. The quantitative estimate of drug-likeness (QED) is 0.540. The monoisotopic (exact) mass is 114 g/mol. The molecule has 8 heavy (non-hydrogen) atoms. The first kappa shape index (κ1) is 6.05. The van der Waals surface area contributed by atoms with Crippen LogP contribution >= 0.6 is 0 Å². The van der Waals surface area contributed by atoms with E-state index in [0.717, 1.165) is 13.1 Å². The van der Waals surface area contributed by atoms with Crippen LogP contribution in [0.4, 0.5) is 0 Å². The molecule has 0 aromatic carbocycles. The molecule has 1 rings (SSSR count). The highest BCUT2D eigenvalue weighted by molar-refractivity contribution is 4.95. The lowest BCUT2D eigenvalue weighted by atomic mass is 10.1. The Hall–Kier alpha value is -0.0800. The van der Waals surface area contributed by atoms with E-state index in [1.807, 2.05) is 0 Å². The fourth-order valence-corrected chi connectivity index (χ4v) is 0.788. The molecule has 0 atom stereocenters. The number of rotatable bonds is 1. The van der Waals surface area contributed by atoms with Gasteiger partial charge in [0.2, 0.25) is 0 Å². The van der Waals surface area contributed by atoms with Crippen LogP contribution in [0.2, 0.25) is 0 Å². The smallest absolute Gasteiger partial charge is 0.121 e. The highest BCUT2D eigenvalue weighted by Gasteiger charge is 2.26. The third-order valence-corrected chi connectivity index (χ3v) is 1.50. The van der Waals surface area contributed by atoms with E-state index < -0.39 is 0 Å². The molecule has 1 heterocycles. The first-order valence-corrected chi connectivity index (χ1v) is 2.98. The Labute approximate surface area is 50.1 Å². The van der Waals surface area contributed by atoms with Crippen molar-refractivity contribution in [1.82, 2.24) is 4.90 Å². The maximum absolute atomic E-state index is 8.74. The summed E-state index contributed by atoms with van der Waals surface area (Å²) < 4.78 is 0. The third-order valence-electron chi connectivity index (χ3n) is 1.50. The van der Waals surface area contributed by atoms with Crippen LogP contribution in [0.5, 0.6) is 0 Å². The van der Waals surface area contributed by atoms with Gasteiger partial charge < -0.3 is 5.11 Å². The van der Waals surface area contributed by atoms with Gasteiger partial charge in [-0.3, -0.25) is 4.90 Å². The molecule has 0 spiro atoms. The summed E-state index contributed by atoms with van der Waals surface area (Å²) in [5.41, 5.74) is 0. The molecule has 0 bridgehead atoms. The number of hydrogen-bond donors (Lipinski definition) is 1. The van der Waals surface area contributed by atoms with Gasteiger partial charge in [-0.25, -0.2) is 0 Å². The summed E-state index contributed by atoms with van der Waals surface area (Å²) in [4.78, 5) is 2.20. The van der Waals surface area contributed by atoms with Crippen LogP contribution in [0.3, 0.4) is 0 Å². The molecule has 1 aliphatic heterocycles. The minimum atomic E-state index is 0.589. The van der Waals surface area contributed by atoms with Gasteiger partial charge in [0.1, 0.15) is 6.10 Å². The molecular weight excluding hydrogens is 102 g/mol. The van der Waals surface area contributed by atoms with Crippen LogP contribution < -0.4 is 0 Å². The molecule has 1 aliphatic rings. The normalized spacial score (nSPS) is 24.0. The van der Waals surface area contributed by atoms with E-state index in [4.69, 9.17) is 5.11 Å². The lowest BCUT2D eigenvalue weighted by molar-refractivity contribution is 0.0638. The lowest BCUT2D eigenvalue weighted by Gasteiger charge is -2.37. The average Bonchev–Trinajstić information content (AvgIpc) is 1.57. The number of nitrogens with zero attached hydrogens (tertiary/aromatic N) is 1. The van der Waals surface area contributed by atoms with Crippen LogP contribution in [0.15, 0.2) is 0 Å². The van der Waals surface area contributed by atoms with Crippen LogP contribution in [0.1, 0.15) is 13.8 Å². The van der Waals surface area contributed by atoms with Gasteiger partial charge in [0.25, 0.3) is 0 Å². The Morgan fingerprint density at radius 1 is 1.50 bits per heavy atom. The van der Waals surface area contributed by atoms with Gasteiger partial charge in [-0.05, 0) is 13.8 Å². The molecule has 1 fully saturated rings. The molecule has 2 heteroatoms. The van der Waals surface area contributed by atoms with Gasteiger partial charge in [0, 0.05) is 19.1 Å². The minimum Gasteiger partial charge on any atom is -0.384 e. The van der Waals surface area contributed by atoms with E-state index in [9.17, 15) is 0 Å². The minimum absolute atomic E-state index is 0.589. The summed E-state index contributed by atoms with van der Waals surface area (Å²) in [5.74, 6) is 0. The molecule has 0 saturated carbocycles. The van der Waals surface area contributed by atoms with E-state index in [-0.39, 0.29) is 0 Å². The third kappa shape index (κ3) is 1.01. The van der Waals surface area contributed by atoms with Gasteiger partial charge in [0.05, 0.1) is 0 Å². The van der Waals surface area contributed by atoms with E-state index >= 15 is 0 Å². The Bertz CT molecular complexity index is 76.6. The maximum atomic E-state index is 8.74. The standard InChI is InChI=1S/C6H12NO/c1-5(2)7-3-6(8)4-7/h5,8H,3-4H2,1-2H3. The van der Waals surface area contributed by atoms with Crippen molar-refractivity contribution in [3.8, 4) is 0 Å². The zero-order chi connectivity index (χ0) is 6.15. The first-order chi connectivity index (χ1) is 3.70. The SMILES string of the molecule is CC(C)N1C[C](O)C1. The second-order valence-corrected chi connectivity index (χ2v) is 2.56. The molecular formula is C6H12NO. The fourth-order valence-electron chi connectivity index (χ4n) is 0.788. The van der Waals surface area contributed by atoms with Crippen LogP contribution in [0.25, 0.3) is 0 Å². The van der Waals surface area contributed by atoms with Crippen molar-refractivity contribution in [2.24, 2.45) is 0 Å². The van der Waals surface area contributed by atoms with Crippen molar-refractivity contribution in [1.29, 1.82) is 0 Å². The Balaban J connectivity index is 2.15. The van der Waals surface area contributed by atoms with Gasteiger partial charge >= 0.3 is 0 Å². The van der Waals surface area contributed by atoms with Gasteiger partial charge in [-0.2, -0.15) is 0 Å². The Morgan fingerprint density at radius 2 is 2.00 bits per heavy atom. The highest BCUT2D eigenvalue weighted by atomic mass is 16.3. The molecule has 0 aromatic rings. The molecule has 0 amide bonds. The molecule has 0 aliphatic carbocycles. The highest BCUT2D eigenvalue weighted by Crippen LogP contribution is 2.16. The summed E-state index contributed by atoms with van der Waals surface area (Å²) in [5, 5.41) is 8.74. The average molecular weight is 114 g/mol. The molecule has 47 valence electrons. The zero-order valence-electron chi connectivity index (χ0n) is 5.39. The molecule has 0 unspecified atom stereocenters. The fraction of sp³-hybridized carbons (Fsp3) is 0.833. The predicted molar refractivity (Wildman–Crippen MR) is 31.9 cm³/mol. The van der Waals surface area contributed by atoms with Crippen molar-refractivity contribution in [3.63, 3.8) is 0 Å². The van der Waals surface area contributed by atoms with Crippen molar-refractivity contribution >= 4 is 0 Å². The molecule has 2 nitrogen and oxygen atoms in total. The van der Waals surface area contributed by atoms with Crippen molar-refractivity contribution < 1.29 is 5.11 Å². The predicted octanol–water partition coefficient (Wildman–Crippen LogP) is 0.615. The number of aliphatic hydroxyl groups is 1. The van der Waals surface area contributed by atoms with Crippen molar-refractivity contribution in [2.45, 2.75) is 19.9 Å². The number of hydrogen-bond acceptors (Lipinski definition) is 2. The van der Waals surface area contributed by atoms with E-state index in [1.165, 1.54) is 0 Å². The summed E-state index contributed by atoms with van der Waals surface area (Å²) in [6.45, 7) is 5.84. The lowest BCUT2D eigenvalue weighted by Crippen LogP contribution is -2.48. The van der Waals surface area contributed by atoms with Gasteiger partial charge in [-0.1, -0.05) is 0 Å². The van der Waals surface area contributed by atoms with Gasteiger partial charge in [0.15, 0.2) is 0 Å². The summed E-state index contributed by atoms with van der Waals surface area (Å²) in [7, 11) is 0. The molecule has 1 saturated heterocycles. The van der Waals surface area contributed by atoms with Crippen LogP contribution in [-0.2, 0) is 0 Å². The topological polar surface area (TPSA) is 23.5 Å². The Morgan fingerprint density at radius 3 is 2.12 bits per heavy atom. The Kier molecular flexibility index (Phi) is 1.54. The van der Waals surface area contributed by atoms with E-state index in [1.54, 1.807) is 0 Å². The van der Waals surface area contributed by atoms with Crippen LogP contribution in [0, 0.1) is 6.10 Å². The van der Waals surface area contributed by atoms with E-state index in [2.05, 4.69) is 18.7 Å².